The van der Waals surface area contributed by atoms with Crippen molar-refractivity contribution in [2.24, 2.45) is 0 Å². The number of nitrogens with zero attached hydrogens (tertiary/aromatic N) is 2. The molecule has 2 N–H and O–H groups in total. The summed E-state index contributed by atoms with van der Waals surface area (Å²) in [6, 6.07) is 1.88. The molecule has 0 bridgehead atoms. The molecule has 0 amide bonds. The average Bonchev–Trinajstić information content (AvgIpc) is 2.77. The fourth-order valence-electron chi connectivity index (χ4n) is 2.22. The molecule has 0 saturated carbocycles. The van der Waals surface area contributed by atoms with Gasteiger partial charge in [-0.25, -0.2) is 13.8 Å². The van der Waals surface area contributed by atoms with Crippen LogP contribution in [0.4, 0.5) is 8.78 Å². The lowest BCUT2D eigenvalue weighted by molar-refractivity contribution is -0.136. The van der Waals surface area contributed by atoms with Crippen molar-refractivity contribution >= 4 is 22.8 Å². The van der Waals surface area contributed by atoms with Gasteiger partial charge in [0.25, 0.3) is 0 Å². The quantitative estimate of drug-likeness (QED) is 0.744. The van der Waals surface area contributed by atoms with Gasteiger partial charge in [-0.15, -0.1) is 0 Å². The number of rotatable bonds is 2. The molecule has 0 spiro atoms. The van der Waals surface area contributed by atoms with Crippen LogP contribution in [0, 0.1) is 18.6 Å². The number of hydrogen-bond acceptors (Lipinski definition) is 2. The first-order chi connectivity index (χ1) is 8.97. The first-order valence-corrected chi connectivity index (χ1v) is 5.54. The molecule has 98 valence electrons. The summed E-state index contributed by atoms with van der Waals surface area (Å²) in [5, 5.41) is 8.89. The molecule has 0 aliphatic carbocycles. The highest BCUT2D eigenvalue weighted by Gasteiger charge is 2.18. The second kappa shape index (κ2) is 3.78. The molecule has 0 unspecified atom stereocenters. The van der Waals surface area contributed by atoms with Crippen molar-refractivity contribution in [3.63, 3.8) is 0 Å². The van der Waals surface area contributed by atoms with E-state index in [4.69, 9.17) is 5.11 Å². The Kier molecular flexibility index (Phi) is 2.31. The number of benzene rings is 1. The zero-order valence-electron chi connectivity index (χ0n) is 9.87. The zero-order chi connectivity index (χ0) is 13.7. The molecule has 1 aromatic carbocycles. The molecule has 0 radical (unpaired) electrons. The van der Waals surface area contributed by atoms with Crippen LogP contribution in [0.3, 0.4) is 0 Å². The normalized spacial score (nSPS) is 11.5. The van der Waals surface area contributed by atoms with Crippen molar-refractivity contribution in [3.05, 3.63) is 35.2 Å². The number of nitrogens with one attached hydrogen (secondary N) is 1. The van der Waals surface area contributed by atoms with Crippen LogP contribution in [-0.2, 0) is 11.2 Å². The molecule has 0 aliphatic rings. The maximum absolute atomic E-state index is 13.6. The third-order valence-corrected chi connectivity index (χ3v) is 3.00. The molecule has 0 aliphatic heterocycles. The second-order valence-corrected chi connectivity index (χ2v) is 4.29. The van der Waals surface area contributed by atoms with Crippen LogP contribution in [0.15, 0.2) is 12.1 Å². The predicted molar refractivity (Wildman–Crippen MR) is 63.0 cm³/mol. The molecular weight excluding hydrogens is 256 g/mol. The molecule has 7 heteroatoms. The van der Waals surface area contributed by atoms with Gasteiger partial charge in [0, 0.05) is 17.8 Å². The van der Waals surface area contributed by atoms with E-state index in [2.05, 4.69) is 9.97 Å². The Hall–Kier alpha value is -2.44. The maximum Gasteiger partial charge on any atom is 0.309 e. The van der Waals surface area contributed by atoms with Gasteiger partial charge in [0.2, 0.25) is 5.78 Å². The van der Waals surface area contributed by atoms with Crippen molar-refractivity contribution < 1.29 is 18.7 Å². The Bertz CT molecular complexity index is 819. The number of carboxylic acids is 1. The summed E-state index contributed by atoms with van der Waals surface area (Å²) in [4.78, 5) is 17.7. The molecule has 3 rings (SSSR count). The monoisotopic (exact) mass is 265 g/mol. The lowest BCUT2D eigenvalue weighted by Crippen LogP contribution is -2.04. The number of carbonyl (C=O) groups is 1. The van der Waals surface area contributed by atoms with Crippen molar-refractivity contribution in [1.82, 2.24) is 14.4 Å². The smallest absolute Gasteiger partial charge is 0.309 e. The minimum atomic E-state index is -1.03. The number of aliphatic carboxylic acids is 1. The third-order valence-electron chi connectivity index (χ3n) is 3.00. The van der Waals surface area contributed by atoms with Gasteiger partial charge in [0.05, 0.1) is 17.6 Å². The van der Waals surface area contributed by atoms with Crippen molar-refractivity contribution in [3.8, 4) is 0 Å². The number of aromatic amines is 1. The van der Waals surface area contributed by atoms with Crippen LogP contribution in [0.5, 0.6) is 0 Å². The summed E-state index contributed by atoms with van der Waals surface area (Å²) < 4.78 is 28.3. The van der Waals surface area contributed by atoms with Crippen LogP contribution in [0.1, 0.15) is 11.4 Å². The number of halogens is 2. The Balaban J connectivity index is 2.43. The van der Waals surface area contributed by atoms with Gasteiger partial charge in [-0.2, -0.15) is 0 Å². The topological polar surface area (TPSA) is 70.4 Å². The van der Waals surface area contributed by atoms with Gasteiger partial charge in [-0.3, -0.25) is 9.20 Å². The minimum Gasteiger partial charge on any atom is -0.481 e. The van der Waals surface area contributed by atoms with E-state index in [-0.39, 0.29) is 17.5 Å². The Morgan fingerprint density at radius 2 is 2.21 bits per heavy atom. The fraction of sp³-hybridized carbons (Fsp3) is 0.167. The maximum atomic E-state index is 13.6. The van der Waals surface area contributed by atoms with Crippen molar-refractivity contribution in [2.45, 2.75) is 13.3 Å². The van der Waals surface area contributed by atoms with Gasteiger partial charge in [-0.05, 0) is 6.92 Å². The number of H-pyrrole nitrogens is 1. The number of imidazole rings is 2. The minimum absolute atomic E-state index is 0.0132. The van der Waals surface area contributed by atoms with Crippen LogP contribution in [-0.4, -0.2) is 25.4 Å². The Morgan fingerprint density at radius 3 is 2.89 bits per heavy atom. The number of fused-ring (bicyclic) bond motifs is 3. The average molecular weight is 265 g/mol. The van der Waals surface area contributed by atoms with Gasteiger partial charge < -0.3 is 10.1 Å². The molecule has 0 fully saturated rings. The predicted octanol–water partition coefficient (Wildman–Crippen LogP) is 2.03. The summed E-state index contributed by atoms with van der Waals surface area (Å²) in [5.74, 6) is -2.23. The molecule has 2 aromatic heterocycles. The molecule has 3 aromatic rings. The first-order valence-electron chi connectivity index (χ1n) is 5.54. The van der Waals surface area contributed by atoms with Crippen LogP contribution < -0.4 is 0 Å². The van der Waals surface area contributed by atoms with E-state index in [9.17, 15) is 13.6 Å². The number of aromatic nitrogens is 3. The highest BCUT2D eigenvalue weighted by Crippen LogP contribution is 2.24. The van der Waals surface area contributed by atoms with E-state index in [1.807, 2.05) is 0 Å². The zero-order valence-corrected chi connectivity index (χ0v) is 9.87. The number of aryl methyl sites for hydroxylation is 1. The fourth-order valence-corrected chi connectivity index (χ4v) is 2.22. The summed E-state index contributed by atoms with van der Waals surface area (Å²) >= 11 is 0. The summed E-state index contributed by atoms with van der Waals surface area (Å²) in [6.45, 7) is 1.69. The van der Waals surface area contributed by atoms with Gasteiger partial charge in [-0.1, -0.05) is 0 Å². The number of hydrogen-bond donors (Lipinski definition) is 2. The van der Waals surface area contributed by atoms with E-state index in [1.165, 1.54) is 4.40 Å². The van der Waals surface area contributed by atoms with Crippen LogP contribution in [0.2, 0.25) is 0 Å². The molecule has 5 nitrogen and oxygen atoms in total. The molecule has 2 heterocycles. The number of carboxylic acid groups (broad SMARTS) is 1. The molecular formula is C12H9F2N3O2. The summed E-state index contributed by atoms with van der Waals surface area (Å²) in [7, 11) is 0. The lowest BCUT2D eigenvalue weighted by Gasteiger charge is -2.00. The van der Waals surface area contributed by atoms with E-state index in [0.717, 1.165) is 12.1 Å². The summed E-state index contributed by atoms with van der Waals surface area (Å²) in [6.07, 6.45) is -0.255. The molecule has 0 atom stereocenters. The lowest BCUT2D eigenvalue weighted by atomic mass is 10.2. The van der Waals surface area contributed by atoms with Crippen LogP contribution in [0.25, 0.3) is 16.8 Å². The standard InChI is InChI=1S/C12H9F2N3O2/c1-5-8(4-10(18)19)17-9-3-6(13)2-7(14)11(9)16-12(17)15-5/h2-3H,4H2,1H3,(H,15,16)(H,18,19). The van der Waals surface area contributed by atoms with Gasteiger partial charge in [0.1, 0.15) is 11.3 Å². The highest BCUT2D eigenvalue weighted by atomic mass is 19.1. The van der Waals surface area contributed by atoms with E-state index in [0.29, 0.717) is 17.2 Å². The molecule has 19 heavy (non-hydrogen) atoms. The van der Waals surface area contributed by atoms with E-state index in [1.54, 1.807) is 6.92 Å². The largest absolute Gasteiger partial charge is 0.481 e. The van der Waals surface area contributed by atoms with E-state index < -0.39 is 17.6 Å². The second-order valence-electron chi connectivity index (χ2n) is 4.29. The van der Waals surface area contributed by atoms with Gasteiger partial charge in [0.15, 0.2) is 5.82 Å². The van der Waals surface area contributed by atoms with Crippen molar-refractivity contribution in [2.75, 3.05) is 0 Å². The third kappa shape index (κ3) is 1.66. The van der Waals surface area contributed by atoms with Crippen LogP contribution >= 0.6 is 0 Å². The van der Waals surface area contributed by atoms with Gasteiger partial charge >= 0.3 is 5.97 Å². The molecule has 0 saturated heterocycles. The Labute approximate surface area is 105 Å². The summed E-state index contributed by atoms with van der Waals surface area (Å²) in [5.41, 5.74) is 1.26. The SMILES string of the molecule is Cc1[nH]c2nc3c(F)cc(F)cc3n2c1CC(=O)O. The first kappa shape index (κ1) is 11.6. The highest BCUT2D eigenvalue weighted by molar-refractivity contribution is 5.82. The Morgan fingerprint density at radius 1 is 1.47 bits per heavy atom. The van der Waals surface area contributed by atoms with Crippen molar-refractivity contribution in [1.29, 1.82) is 0 Å². The van der Waals surface area contributed by atoms with E-state index >= 15 is 0 Å².